The Hall–Kier alpha value is -3.68. The zero-order valence-corrected chi connectivity index (χ0v) is 21.7. The molecule has 1 aliphatic heterocycles. The maximum Gasteiger partial charge on any atom is 0.407 e. The average molecular weight is 509 g/mol. The molecule has 0 radical (unpaired) electrons. The molecule has 2 aromatic rings. The molecule has 1 aliphatic carbocycles. The third kappa shape index (κ3) is 6.56. The summed E-state index contributed by atoms with van der Waals surface area (Å²) >= 11 is 0. The van der Waals surface area contributed by atoms with Gasteiger partial charge in [0.15, 0.2) is 0 Å². The first-order valence-corrected chi connectivity index (χ1v) is 12.8. The minimum atomic E-state index is -0.944. The summed E-state index contributed by atoms with van der Waals surface area (Å²) in [5.41, 5.74) is 5.20. The minimum absolute atomic E-state index is 0.0149. The van der Waals surface area contributed by atoms with Crippen molar-refractivity contribution in [3.8, 4) is 11.1 Å². The topological polar surface area (TPSA) is 106 Å². The standard InChI is InChI=1S/C29H36N2O6/c1-19(27-36-17-29(2,3)18-37-27)31-25(26(32)33)14-8-9-15-30-28(34)35-16-24-22-12-6-4-10-20(22)21-11-5-7-13-23(21)24/h4-7,10-13,24-25,31H,8-9,14-18H2,1-3H3,(H,30,34)(H,32,33)/t25-/m0/s1. The van der Waals surface area contributed by atoms with Crippen molar-refractivity contribution in [2.24, 2.45) is 5.41 Å². The third-order valence-corrected chi connectivity index (χ3v) is 6.72. The SMILES string of the molecule is CC(N[C@@H](CCCCNC(=O)OCC1c2ccccc2-c2ccccc21)C(=O)O)=C1OCC(C)(C)CO1. The molecule has 1 amide bonds. The molecule has 0 unspecified atom stereocenters. The molecule has 0 bridgehead atoms. The van der Waals surface area contributed by atoms with E-state index in [1.165, 1.54) is 22.3 Å². The number of rotatable bonds is 10. The van der Waals surface area contributed by atoms with Crippen molar-refractivity contribution >= 4 is 12.1 Å². The number of alkyl carbamates (subject to hydrolysis) is 1. The van der Waals surface area contributed by atoms with Crippen molar-refractivity contribution in [1.29, 1.82) is 0 Å². The van der Waals surface area contributed by atoms with E-state index in [2.05, 4.69) is 34.9 Å². The van der Waals surface area contributed by atoms with Crippen molar-refractivity contribution in [3.05, 3.63) is 71.3 Å². The Morgan fingerprint density at radius 3 is 2.22 bits per heavy atom. The molecule has 8 heteroatoms. The highest BCUT2D eigenvalue weighted by molar-refractivity contribution is 5.79. The van der Waals surface area contributed by atoms with E-state index in [1.54, 1.807) is 6.92 Å². The van der Waals surface area contributed by atoms with Crippen LogP contribution in [0.2, 0.25) is 0 Å². The van der Waals surface area contributed by atoms with Crippen LogP contribution in [0.5, 0.6) is 0 Å². The Morgan fingerprint density at radius 1 is 1.03 bits per heavy atom. The highest BCUT2D eigenvalue weighted by Crippen LogP contribution is 2.44. The maximum atomic E-state index is 12.3. The van der Waals surface area contributed by atoms with Crippen LogP contribution < -0.4 is 10.6 Å². The lowest BCUT2D eigenvalue weighted by atomic mass is 9.96. The van der Waals surface area contributed by atoms with Gasteiger partial charge >= 0.3 is 12.1 Å². The van der Waals surface area contributed by atoms with Crippen LogP contribution in [0.3, 0.4) is 0 Å². The zero-order valence-electron chi connectivity index (χ0n) is 21.7. The fourth-order valence-corrected chi connectivity index (χ4v) is 4.71. The van der Waals surface area contributed by atoms with Gasteiger partial charge in [-0.2, -0.15) is 0 Å². The number of carboxylic acid groups (broad SMARTS) is 1. The van der Waals surface area contributed by atoms with E-state index < -0.39 is 18.1 Å². The van der Waals surface area contributed by atoms with Gasteiger partial charge in [-0.3, -0.25) is 0 Å². The Balaban J connectivity index is 1.19. The number of unbranched alkanes of at least 4 members (excludes halogenated alkanes) is 1. The molecule has 1 fully saturated rings. The molecule has 1 atom stereocenters. The van der Waals surface area contributed by atoms with Crippen molar-refractivity contribution in [1.82, 2.24) is 10.6 Å². The lowest BCUT2D eigenvalue weighted by Gasteiger charge is -2.32. The van der Waals surface area contributed by atoms with E-state index in [0.717, 1.165) is 0 Å². The van der Waals surface area contributed by atoms with Gasteiger partial charge in [-0.05, 0) is 48.4 Å². The second-order valence-corrected chi connectivity index (χ2v) is 10.4. The number of aliphatic carboxylic acids is 1. The van der Waals surface area contributed by atoms with Gasteiger partial charge in [0.1, 0.15) is 12.6 Å². The largest absolute Gasteiger partial charge is 0.480 e. The van der Waals surface area contributed by atoms with E-state index in [1.807, 2.05) is 38.1 Å². The Morgan fingerprint density at radius 2 is 1.62 bits per heavy atom. The van der Waals surface area contributed by atoms with Crippen molar-refractivity contribution in [3.63, 3.8) is 0 Å². The number of nitrogens with one attached hydrogen (secondary N) is 2. The molecule has 0 spiro atoms. The number of carbonyl (C=O) groups excluding carboxylic acids is 1. The van der Waals surface area contributed by atoms with Crippen LogP contribution in [-0.4, -0.2) is 49.6 Å². The molecule has 1 saturated heterocycles. The Kier molecular flexibility index (Phi) is 8.26. The lowest BCUT2D eigenvalue weighted by Crippen LogP contribution is -2.38. The van der Waals surface area contributed by atoms with E-state index in [4.69, 9.17) is 14.2 Å². The van der Waals surface area contributed by atoms with Crippen LogP contribution in [0.15, 0.2) is 60.2 Å². The second-order valence-electron chi connectivity index (χ2n) is 10.4. The summed E-state index contributed by atoms with van der Waals surface area (Å²) in [6, 6.07) is 15.6. The zero-order chi connectivity index (χ0) is 26.4. The van der Waals surface area contributed by atoms with Gasteiger partial charge < -0.3 is 30.0 Å². The fraction of sp³-hybridized carbons (Fsp3) is 0.448. The van der Waals surface area contributed by atoms with Gasteiger partial charge in [-0.1, -0.05) is 62.4 Å². The molecule has 8 nitrogen and oxygen atoms in total. The van der Waals surface area contributed by atoms with Crippen LogP contribution in [0.1, 0.15) is 57.1 Å². The summed E-state index contributed by atoms with van der Waals surface area (Å²) in [6.45, 7) is 7.54. The molecule has 37 heavy (non-hydrogen) atoms. The molecule has 3 N–H and O–H groups in total. The Bertz CT molecular complexity index is 1100. The van der Waals surface area contributed by atoms with E-state index in [-0.39, 0.29) is 17.9 Å². The van der Waals surface area contributed by atoms with Gasteiger partial charge in [-0.15, -0.1) is 0 Å². The highest BCUT2D eigenvalue weighted by atomic mass is 16.7. The van der Waals surface area contributed by atoms with Gasteiger partial charge in [0, 0.05) is 17.9 Å². The second kappa shape index (κ2) is 11.6. The normalized spacial score (nSPS) is 16.5. The summed E-state index contributed by atoms with van der Waals surface area (Å²) in [7, 11) is 0. The van der Waals surface area contributed by atoms with Crippen molar-refractivity contribution < 1.29 is 28.9 Å². The predicted molar refractivity (Wildman–Crippen MR) is 140 cm³/mol. The lowest BCUT2D eigenvalue weighted by molar-refractivity contribution is -0.139. The first-order chi connectivity index (χ1) is 17.7. The number of hydrogen-bond acceptors (Lipinski definition) is 6. The molecular weight excluding hydrogens is 472 g/mol. The Labute approximate surface area is 218 Å². The summed E-state index contributed by atoms with van der Waals surface area (Å²) in [6.07, 6.45) is 1.18. The number of benzene rings is 2. The van der Waals surface area contributed by atoms with Gasteiger partial charge in [0.2, 0.25) is 0 Å². The molecule has 2 aliphatic rings. The number of allylic oxidation sites excluding steroid dienone is 1. The fourth-order valence-electron chi connectivity index (χ4n) is 4.71. The summed E-state index contributed by atoms with van der Waals surface area (Å²) in [4.78, 5) is 24.0. The maximum absolute atomic E-state index is 12.3. The third-order valence-electron chi connectivity index (χ3n) is 6.72. The van der Waals surface area contributed by atoms with Crippen LogP contribution in [0, 0.1) is 5.41 Å². The van der Waals surface area contributed by atoms with Gasteiger partial charge in [0.25, 0.3) is 5.95 Å². The van der Waals surface area contributed by atoms with Crippen molar-refractivity contribution in [2.75, 3.05) is 26.4 Å². The number of carbonyl (C=O) groups is 2. The van der Waals surface area contributed by atoms with Gasteiger partial charge in [-0.25, -0.2) is 9.59 Å². The number of amides is 1. The highest BCUT2D eigenvalue weighted by Gasteiger charge is 2.30. The smallest absolute Gasteiger partial charge is 0.407 e. The summed E-state index contributed by atoms with van der Waals surface area (Å²) in [5.74, 6) is -0.579. The molecule has 2 aromatic carbocycles. The van der Waals surface area contributed by atoms with E-state index in [9.17, 15) is 14.7 Å². The minimum Gasteiger partial charge on any atom is -0.480 e. The number of fused-ring (bicyclic) bond motifs is 3. The monoisotopic (exact) mass is 508 g/mol. The molecule has 4 rings (SSSR count). The van der Waals surface area contributed by atoms with Gasteiger partial charge in [0.05, 0.1) is 18.9 Å². The van der Waals surface area contributed by atoms with Crippen LogP contribution in [0.25, 0.3) is 11.1 Å². The molecule has 198 valence electrons. The first-order valence-electron chi connectivity index (χ1n) is 12.8. The number of carboxylic acids is 1. The summed E-state index contributed by atoms with van der Waals surface area (Å²) in [5, 5.41) is 15.4. The predicted octanol–water partition coefficient (Wildman–Crippen LogP) is 5.00. The van der Waals surface area contributed by atoms with E-state index >= 15 is 0 Å². The van der Waals surface area contributed by atoms with Crippen molar-refractivity contribution in [2.45, 2.75) is 52.0 Å². The summed E-state index contributed by atoms with van der Waals surface area (Å²) < 4.78 is 16.8. The molecule has 1 heterocycles. The van der Waals surface area contributed by atoms with Crippen LogP contribution >= 0.6 is 0 Å². The molecular formula is C29H36N2O6. The quantitative estimate of drug-likeness (QED) is 0.388. The molecule has 0 aromatic heterocycles. The van der Waals surface area contributed by atoms with Crippen LogP contribution in [-0.2, 0) is 19.0 Å². The van der Waals surface area contributed by atoms with Crippen LogP contribution in [0.4, 0.5) is 4.79 Å². The number of ether oxygens (including phenoxy) is 3. The van der Waals surface area contributed by atoms with E-state index in [0.29, 0.717) is 50.7 Å². The first kappa shape index (κ1) is 26.4. The average Bonchev–Trinajstić information content (AvgIpc) is 3.20. The number of hydrogen-bond donors (Lipinski definition) is 3. The molecule has 0 saturated carbocycles.